The molecule has 1 aliphatic heterocycles. The molecule has 0 spiro atoms. The van der Waals surface area contributed by atoms with Crippen molar-refractivity contribution in [2.75, 3.05) is 32.8 Å². The standard InChI is InChI=1S/C17H26N2O2/c1-14-13-19(7-9-20-14)8-10-21-17-4-2-3-15(11-17)12-18-16-5-6-16/h2-4,11,14,16,18H,5-10,12-13H2,1H3. The van der Waals surface area contributed by atoms with E-state index < -0.39 is 0 Å². The minimum absolute atomic E-state index is 0.343. The minimum atomic E-state index is 0.343. The highest BCUT2D eigenvalue weighted by atomic mass is 16.5. The number of hydrogen-bond acceptors (Lipinski definition) is 4. The van der Waals surface area contributed by atoms with Gasteiger partial charge in [0.2, 0.25) is 0 Å². The lowest BCUT2D eigenvalue weighted by molar-refractivity contribution is -0.0214. The lowest BCUT2D eigenvalue weighted by Crippen LogP contribution is -2.42. The van der Waals surface area contributed by atoms with Crippen molar-refractivity contribution in [1.29, 1.82) is 0 Å². The average molecular weight is 290 g/mol. The Hall–Kier alpha value is -1.10. The zero-order chi connectivity index (χ0) is 14.5. The summed E-state index contributed by atoms with van der Waals surface area (Å²) in [6.07, 6.45) is 3.00. The molecule has 1 N–H and O–H groups in total. The SMILES string of the molecule is CC1CN(CCOc2cccc(CNC3CC3)c2)CCO1. The van der Waals surface area contributed by atoms with Crippen molar-refractivity contribution in [3.8, 4) is 5.75 Å². The number of benzene rings is 1. The normalized spacial score (nSPS) is 23.2. The van der Waals surface area contributed by atoms with Gasteiger partial charge in [-0.3, -0.25) is 4.90 Å². The van der Waals surface area contributed by atoms with E-state index in [0.717, 1.165) is 51.2 Å². The Bertz CT molecular complexity index is 448. The van der Waals surface area contributed by atoms with Gasteiger partial charge in [0.05, 0.1) is 12.7 Å². The van der Waals surface area contributed by atoms with E-state index in [4.69, 9.17) is 9.47 Å². The smallest absolute Gasteiger partial charge is 0.119 e. The van der Waals surface area contributed by atoms with E-state index in [1.807, 2.05) is 6.07 Å². The molecular formula is C17H26N2O2. The fourth-order valence-corrected chi connectivity index (χ4v) is 2.68. The second-order valence-corrected chi connectivity index (χ2v) is 6.13. The van der Waals surface area contributed by atoms with E-state index in [9.17, 15) is 0 Å². The van der Waals surface area contributed by atoms with Crippen LogP contribution in [0.5, 0.6) is 5.75 Å². The Kier molecular flexibility index (Phi) is 5.12. The van der Waals surface area contributed by atoms with Gasteiger partial charge in [0.15, 0.2) is 0 Å². The molecule has 0 amide bonds. The van der Waals surface area contributed by atoms with Crippen molar-refractivity contribution in [3.05, 3.63) is 29.8 Å². The van der Waals surface area contributed by atoms with Gasteiger partial charge in [0, 0.05) is 32.2 Å². The highest BCUT2D eigenvalue weighted by Gasteiger charge is 2.20. The molecule has 1 aromatic rings. The first-order valence-corrected chi connectivity index (χ1v) is 8.09. The maximum Gasteiger partial charge on any atom is 0.119 e. The quantitative estimate of drug-likeness (QED) is 0.833. The summed E-state index contributed by atoms with van der Waals surface area (Å²) in [6.45, 7) is 7.65. The molecule has 0 radical (unpaired) electrons. The van der Waals surface area contributed by atoms with Crippen LogP contribution in [-0.2, 0) is 11.3 Å². The number of hydrogen-bond donors (Lipinski definition) is 1. The van der Waals surface area contributed by atoms with Gasteiger partial charge in [-0.2, -0.15) is 0 Å². The molecule has 2 fully saturated rings. The predicted molar refractivity (Wildman–Crippen MR) is 83.7 cm³/mol. The van der Waals surface area contributed by atoms with Crippen LogP contribution in [0.2, 0.25) is 0 Å². The van der Waals surface area contributed by atoms with Gasteiger partial charge < -0.3 is 14.8 Å². The topological polar surface area (TPSA) is 33.7 Å². The molecule has 1 saturated carbocycles. The van der Waals surface area contributed by atoms with Crippen molar-refractivity contribution >= 4 is 0 Å². The van der Waals surface area contributed by atoms with Gasteiger partial charge in [-0.15, -0.1) is 0 Å². The first-order valence-electron chi connectivity index (χ1n) is 8.09. The maximum absolute atomic E-state index is 5.90. The summed E-state index contributed by atoms with van der Waals surface area (Å²) in [5, 5.41) is 3.54. The summed E-state index contributed by atoms with van der Waals surface area (Å²) < 4.78 is 11.4. The molecule has 4 heteroatoms. The highest BCUT2D eigenvalue weighted by molar-refractivity contribution is 5.28. The van der Waals surface area contributed by atoms with Crippen molar-refractivity contribution in [2.24, 2.45) is 0 Å². The average Bonchev–Trinajstić information content (AvgIpc) is 3.30. The van der Waals surface area contributed by atoms with Crippen LogP contribution < -0.4 is 10.1 Å². The molecule has 0 bridgehead atoms. The Morgan fingerprint density at radius 1 is 1.38 bits per heavy atom. The third kappa shape index (κ3) is 4.99. The second-order valence-electron chi connectivity index (χ2n) is 6.13. The highest BCUT2D eigenvalue weighted by Crippen LogP contribution is 2.20. The molecule has 1 aromatic carbocycles. The van der Waals surface area contributed by atoms with Crippen LogP contribution in [0.4, 0.5) is 0 Å². The van der Waals surface area contributed by atoms with Crippen LogP contribution in [0.1, 0.15) is 25.3 Å². The summed E-state index contributed by atoms with van der Waals surface area (Å²) in [6, 6.07) is 9.18. The van der Waals surface area contributed by atoms with Crippen LogP contribution in [0.25, 0.3) is 0 Å². The molecule has 21 heavy (non-hydrogen) atoms. The second kappa shape index (κ2) is 7.25. The molecule has 1 heterocycles. The fraction of sp³-hybridized carbons (Fsp3) is 0.647. The van der Waals surface area contributed by atoms with Crippen LogP contribution in [-0.4, -0.2) is 49.9 Å². The molecule has 0 aromatic heterocycles. The Morgan fingerprint density at radius 2 is 2.29 bits per heavy atom. The van der Waals surface area contributed by atoms with E-state index in [-0.39, 0.29) is 0 Å². The van der Waals surface area contributed by atoms with Crippen LogP contribution in [0.15, 0.2) is 24.3 Å². The van der Waals surface area contributed by atoms with Gasteiger partial charge in [-0.1, -0.05) is 12.1 Å². The first kappa shape index (κ1) is 14.8. The number of rotatable bonds is 7. The maximum atomic E-state index is 5.90. The summed E-state index contributed by atoms with van der Waals surface area (Å²) >= 11 is 0. The summed E-state index contributed by atoms with van der Waals surface area (Å²) in [5.74, 6) is 0.978. The Morgan fingerprint density at radius 3 is 3.10 bits per heavy atom. The van der Waals surface area contributed by atoms with Gasteiger partial charge in [0.25, 0.3) is 0 Å². The van der Waals surface area contributed by atoms with Crippen LogP contribution >= 0.6 is 0 Å². The number of ether oxygens (including phenoxy) is 2. The third-order valence-corrected chi connectivity index (χ3v) is 4.07. The largest absolute Gasteiger partial charge is 0.492 e. The molecule has 1 atom stereocenters. The summed E-state index contributed by atoms with van der Waals surface area (Å²) in [4.78, 5) is 2.41. The molecule has 1 saturated heterocycles. The monoisotopic (exact) mass is 290 g/mol. The van der Waals surface area contributed by atoms with Crippen LogP contribution in [0, 0.1) is 0 Å². The predicted octanol–water partition coefficient (Wildman–Crippen LogP) is 2.04. The zero-order valence-corrected chi connectivity index (χ0v) is 12.9. The molecule has 4 nitrogen and oxygen atoms in total. The number of nitrogens with one attached hydrogen (secondary N) is 1. The van der Waals surface area contributed by atoms with E-state index in [1.54, 1.807) is 0 Å². The lowest BCUT2D eigenvalue weighted by atomic mass is 10.2. The third-order valence-electron chi connectivity index (χ3n) is 4.07. The first-order chi connectivity index (χ1) is 10.3. The summed E-state index contributed by atoms with van der Waals surface area (Å²) in [5.41, 5.74) is 1.30. The molecule has 2 aliphatic rings. The van der Waals surface area contributed by atoms with Crippen molar-refractivity contribution < 1.29 is 9.47 Å². The van der Waals surface area contributed by atoms with E-state index >= 15 is 0 Å². The Labute approximate surface area is 127 Å². The van der Waals surface area contributed by atoms with Crippen molar-refractivity contribution in [2.45, 2.75) is 38.5 Å². The van der Waals surface area contributed by atoms with E-state index in [2.05, 4.69) is 35.3 Å². The van der Waals surface area contributed by atoms with Gasteiger partial charge >= 0.3 is 0 Å². The number of nitrogens with zero attached hydrogens (tertiary/aromatic N) is 1. The van der Waals surface area contributed by atoms with Crippen LogP contribution in [0.3, 0.4) is 0 Å². The van der Waals surface area contributed by atoms with Crippen molar-refractivity contribution in [1.82, 2.24) is 10.2 Å². The fourth-order valence-electron chi connectivity index (χ4n) is 2.68. The minimum Gasteiger partial charge on any atom is -0.492 e. The molecule has 3 rings (SSSR count). The summed E-state index contributed by atoms with van der Waals surface area (Å²) in [7, 11) is 0. The van der Waals surface area contributed by atoms with E-state index in [1.165, 1.54) is 18.4 Å². The lowest BCUT2D eigenvalue weighted by Gasteiger charge is -2.30. The van der Waals surface area contributed by atoms with E-state index in [0.29, 0.717) is 6.10 Å². The van der Waals surface area contributed by atoms with Crippen molar-refractivity contribution in [3.63, 3.8) is 0 Å². The molecule has 1 unspecified atom stereocenters. The molecular weight excluding hydrogens is 264 g/mol. The molecule has 116 valence electrons. The Balaban J connectivity index is 1.40. The van der Waals surface area contributed by atoms with Gasteiger partial charge in [0.1, 0.15) is 12.4 Å². The molecule has 1 aliphatic carbocycles. The van der Waals surface area contributed by atoms with Gasteiger partial charge in [-0.05, 0) is 37.5 Å². The number of morpholine rings is 1. The zero-order valence-electron chi connectivity index (χ0n) is 12.9. The van der Waals surface area contributed by atoms with Gasteiger partial charge in [-0.25, -0.2) is 0 Å².